The fourth-order valence-electron chi connectivity index (χ4n) is 8.43. The number of amides is 1. The van der Waals surface area contributed by atoms with Crippen molar-refractivity contribution in [1.29, 1.82) is 0 Å². The van der Waals surface area contributed by atoms with E-state index in [1.807, 2.05) is 37.8 Å². The molecule has 5 heterocycles. The van der Waals surface area contributed by atoms with Crippen LogP contribution in [0.5, 0.6) is 6.01 Å². The van der Waals surface area contributed by atoms with Crippen molar-refractivity contribution in [3.8, 4) is 6.01 Å². The molecule has 0 radical (unpaired) electrons. The van der Waals surface area contributed by atoms with E-state index < -0.39 is 5.60 Å². The smallest absolute Gasteiger partial charge is 0.410 e. The van der Waals surface area contributed by atoms with Gasteiger partial charge in [0.1, 0.15) is 18.0 Å². The third-order valence-electron chi connectivity index (χ3n) is 10.9. The number of likely N-dealkylation sites (tertiary alicyclic amines) is 1. The highest BCUT2D eigenvalue weighted by atomic mass is 35.5. The summed E-state index contributed by atoms with van der Waals surface area (Å²) in [5.74, 6) is 0.670. The van der Waals surface area contributed by atoms with Crippen molar-refractivity contribution in [2.24, 2.45) is 0 Å². The molecule has 7 rings (SSSR count). The molecule has 2 aromatic carbocycles. The molecule has 3 atom stereocenters. The number of aromatic nitrogens is 2. The van der Waals surface area contributed by atoms with Crippen LogP contribution in [-0.4, -0.2) is 115 Å². The maximum atomic E-state index is 13.3. The molecule has 13 heteroatoms. The van der Waals surface area contributed by atoms with Gasteiger partial charge < -0.3 is 28.7 Å². The van der Waals surface area contributed by atoms with Crippen LogP contribution >= 0.6 is 11.6 Å². The third-order valence-corrected chi connectivity index (χ3v) is 11.2. The van der Waals surface area contributed by atoms with Crippen molar-refractivity contribution in [3.05, 3.63) is 52.7 Å². The Bertz CT molecular complexity index is 1770. The fourth-order valence-corrected chi connectivity index (χ4v) is 8.71. The predicted octanol–water partition coefficient (Wildman–Crippen LogP) is 6.25. The molecular weight excluding hydrogens is 696 g/mol. The van der Waals surface area contributed by atoms with Crippen LogP contribution in [0.4, 0.5) is 16.3 Å². The number of hydrogen-bond acceptors (Lipinski definition) is 11. The van der Waals surface area contributed by atoms with E-state index in [0.717, 1.165) is 96.7 Å². The zero-order chi connectivity index (χ0) is 37.1. The molecule has 4 aliphatic heterocycles. The Balaban J connectivity index is 1.09. The molecule has 4 aliphatic rings. The lowest BCUT2D eigenvalue weighted by Crippen LogP contribution is -2.57. The molecular formula is C40H53ClN6O6. The number of hydrogen-bond donors (Lipinski definition) is 0. The van der Waals surface area contributed by atoms with Gasteiger partial charge in [-0.15, -0.1) is 0 Å². The summed E-state index contributed by atoms with van der Waals surface area (Å²) in [6.07, 6.45) is 5.76. The minimum Gasteiger partial charge on any atom is -0.469 e. The summed E-state index contributed by atoms with van der Waals surface area (Å²) in [4.78, 5) is 44.0. The second-order valence-electron chi connectivity index (χ2n) is 15.7. The van der Waals surface area contributed by atoms with Crippen LogP contribution in [0.2, 0.25) is 5.02 Å². The van der Waals surface area contributed by atoms with Crippen LogP contribution in [0.25, 0.3) is 10.8 Å². The quantitative estimate of drug-likeness (QED) is 0.155. The summed E-state index contributed by atoms with van der Waals surface area (Å²) in [7, 11) is 1.39. The first-order valence-corrected chi connectivity index (χ1v) is 19.6. The number of fused-ring (bicyclic) bond motifs is 4. The van der Waals surface area contributed by atoms with Crippen molar-refractivity contribution in [2.45, 2.75) is 96.0 Å². The standard InChI is InChI=1S/C40H53ClN6O6/c1-40(2,3)53-39(49)47-28-14-15-29(47)24-46(23-28)37-31-16-20-45(34-13-6-10-27-9-5-12-32(41)36(27)34)25-33(31)42-38(43-37)52-26-30-11-7-18-44(30)19-8-21-51-22-17-35(48)50-4/h5-6,9-10,12-13,28-30H,7-8,11,14-26H2,1-4H3/t28?,29?,30-/m0/s1. The largest absolute Gasteiger partial charge is 0.469 e. The molecule has 3 fully saturated rings. The van der Waals surface area contributed by atoms with Gasteiger partial charge in [-0.1, -0.05) is 35.9 Å². The number of nitrogens with zero attached hydrogens (tertiary/aromatic N) is 6. The van der Waals surface area contributed by atoms with Gasteiger partial charge in [-0.2, -0.15) is 9.97 Å². The normalized spacial score (nSPS) is 21.6. The maximum Gasteiger partial charge on any atom is 0.410 e. The van der Waals surface area contributed by atoms with Crippen LogP contribution in [0.15, 0.2) is 36.4 Å². The van der Waals surface area contributed by atoms with E-state index in [9.17, 15) is 9.59 Å². The Kier molecular flexibility index (Phi) is 11.5. The van der Waals surface area contributed by atoms with E-state index >= 15 is 0 Å². The van der Waals surface area contributed by atoms with Gasteiger partial charge in [-0.25, -0.2) is 4.79 Å². The molecule has 12 nitrogen and oxygen atoms in total. The zero-order valence-electron chi connectivity index (χ0n) is 31.5. The van der Waals surface area contributed by atoms with Gasteiger partial charge in [0, 0.05) is 55.5 Å². The van der Waals surface area contributed by atoms with E-state index in [4.69, 9.17) is 40.5 Å². The van der Waals surface area contributed by atoms with Gasteiger partial charge in [0.05, 0.1) is 49.5 Å². The average molecular weight is 749 g/mol. The lowest BCUT2D eigenvalue weighted by molar-refractivity contribution is -0.141. The van der Waals surface area contributed by atoms with E-state index in [2.05, 4.69) is 39.0 Å². The topological polar surface area (TPSA) is 110 Å². The number of benzene rings is 2. The number of anilines is 2. The summed E-state index contributed by atoms with van der Waals surface area (Å²) in [6.45, 7) is 12.0. The summed E-state index contributed by atoms with van der Waals surface area (Å²) in [5.41, 5.74) is 2.68. The lowest BCUT2D eigenvalue weighted by atomic mass is 10.0. The van der Waals surface area contributed by atoms with E-state index in [1.54, 1.807) is 0 Å². The Hall–Kier alpha value is -3.87. The summed E-state index contributed by atoms with van der Waals surface area (Å²) < 4.78 is 22.7. The number of piperazine rings is 1. The zero-order valence-corrected chi connectivity index (χ0v) is 32.3. The number of carbonyl (C=O) groups excluding carboxylic acids is 2. The van der Waals surface area contributed by atoms with E-state index in [0.29, 0.717) is 45.5 Å². The molecule has 0 N–H and O–H groups in total. The summed E-state index contributed by atoms with van der Waals surface area (Å²) >= 11 is 6.78. The number of carbonyl (C=O) groups is 2. The number of halogens is 1. The van der Waals surface area contributed by atoms with Gasteiger partial charge in [0.25, 0.3) is 0 Å². The monoisotopic (exact) mass is 748 g/mol. The minimum absolute atomic E-state index is 0.0630. The van der Waals surface area contributed by atoms with Crippen molar-refractivity contribution < 1.29 is 28.5 Å². The van der Waals surface area contributed by atoms with Gasteiger partial charge >= 0.3 is 18.1 Å². The Morgan fingerprint density at radius 1 is 0.962 bits per heavy atom. The Morgan fingerprint density at radius 2 is 1.74 bits per heavy atom. The Morgan fingerprint density at radius 3 is 2.49 bits per heavy atom. The molecule has 1 aromatic heterocycles. The van der Waals surface area contributed by atoms with E-state index in [1.165, 1.54) is 7.11 Å². The second-order valence-corrected chi connectivity index (χ2v) is 16.1. The SMILES string of the molecule is COC(=O)CCOCCCN1CCC[C@H]1COc1nc2c(c(N3CC4CCC(C3)N4C(=O)OC(C)(C)C)n1)CCN(c1cccc3cccc(Cl)c13)C2. The first-order chi connectivity index (χ1) is 25.6. The molecule has 0 spiro atoms. The lowest BCUT2D eigenvalue weighted by Gasteiger charge is -2.43. The molecule has 2 unspecified atom stereocenters. The van der Waals surface area contributed by atoms with Gasteiger partial charge in [-0.05, 0) is 83.4 Å². The van der Waals surface area contributed by atoms with Crippen LogP contribution in [-0.2, 0) is 32.0 Å². The molecule has 3 saturated heterocycles. The third kappa shape index (κ3) is 8.60. The average Bonchev–Trinajstić information content (AvgIpc) is 3.70. The number of esters is 1. The highest BCUT2D eigenvalue weighted by Gasteiger charge is 2.45. The number of methoxy groups -OCH3 is 1. The van der Waals surface area contributed by atoms with Crippen molar-refractivity contribution >= 4 is 45.9 Å². The molecule has 3 aromatic rings. The second kappa shape index (κ2) is 16.2. The van der Waals surface area contributed by atoms with Crippen LogP contribution in [0, 0.1) is 0 Å². The first kappa shape index (κ1) is 37.4. The Labute approximate surface area is 317 Å². The van der Waals surface area contributed by atoms with Gasteiger partial charge in [0.2, 0.25) is 0 Å². The molecule has 53 heavy (non-hydrogen) atoms. The van der Waals surface area contributed by atoms with Crippen LogP contribution < -0.4 is 14.5 Å². The molecule has 286 valence electrons. The molecule has 1 amide bonds. The number of ether oxygens (including phenoxy) is 4. The summed E-state index contributed by atoms with van der Waals surface area (Å²) in [5, 5.41) is 2.90. The molecule has 0 aliphatic carbocycles. The fraction of sp³-hybridized carbons (Fsp3) is 0.600. The molecule has 0 saturated carbocycles. The van der Waals surface area contributed by atoms with Crippen LogP contribution in [0.1, 0.15) is 70.6 Å². The first-order valence-electron chi connectivity index (χ1n) is 19.2. The molecule has 2 bridgehead atoms. The van der Waals surface area contributed by atoms with Crippen LogP contribution in [0.3, 0.4) is 0 Å². The van der Waals surface area contributed by atoms with Gasteiger partial charge in [0.15, 0.2) is 0 Å². The van der Waals surface area contributed by atoms with Crippen molar-refractivity contribution in [3.63, 3.8) is 0 Å². The number of rotatable bonds is 12. The minimum atomic E-state index is -0.541. The van der Waals surface area contributed by atoms with Crippen molar-refractivity contribution in [1.82, 2.24) is 19.8 Å². The highest BCUT2D eigenvalue weighted by Crippen LogP contribution is 2.39. The highest BCUT2D eigenvalue weighted by molar-refractivity contribution is 6.36. The summed E-state index contributed by atoms with van der Waals surface area (Å²) in [6, 6.07) is 13.2. The van der Waals surface area contributed by atoms with Crippen molar-refractivity contribution in [2.75, 3.05) is 69.5 Å². The van der Waals surface area contributed by atoms with E-state index in [-0.39, 0.29) is 36.6 Å². The predicted molar refractivity (Wildman–Crippen MR) is 205 cm³/mol. The van der Waals surface area contributed by atoms with Gasteiger partial charge in [-0.3, -0.25) is 14.6 Å². The maximum absolute atomic E-state index is 13.3.